The second-order valence-corrected chi connectivity index (χ2v) is 6.06. The molecule has 0 N–H and O–H groups in total. The van der Waals surface area contributed by atoms with Crippen LogP contribution in [0.1, 0.15) is 28.7 Å². The van der Waals surface area contributed by atoms with Gasteiger partial charge >= 0.3 is 0 Å². The molecule has 20 heavy (non-hydrogen) atoms. The highest BCUT2D eigenvalue weighted by Crippen LogP contribution is 2.25. The van der Waals surface area contributed by atoms with Crippen molar-refractivity contribution in [1.29, 1.82) is 0 Å². The summed E-state index contributed by atoms with van der Waals surface area (Å²) in [4.78, 5) is 12.3. The summed E-state index contributed by atoms with van der Waals surface area (Å²) >= 11 is 6.75. The first-order valence-electron chi connectivity index (χ1n) is 6.12. The Hall–Kier alpha value is -1.01. The molecule has 0 saturated heterocycles. The van der Waals surface area contributed by atoms with Crippen molar-refractivity contribution in [1.82, 2.24) is 9.78 Å². The van der Waals surface area contributed by atoms with E-state index in [2.05, 4.69) is 37.0 Å². The van der Waals surface area contributed by atoms with Gasteiger partial charge in [-0.25, -0.2) is 4.39 Å². The average Bonchev–Trinajstić information content (AvgIpc) is 2.68. The van der Waals surface area contributed by atoms with Gasteiger partial charge in [0.05, 0.1) is 22.3 Å². The van der Waals surface area contributed by atoms with E-state index in [0.717, 1.165) is 22.3 Å². The van der Waals surface area contributed by atoms with E-state index in [4.69, 9.17) is 0 Å². The molecule has 0 aliphatic rings. The minimum Gasteiger partial charge on any atom is -0.294 e. The summed E-state index contributed by atoms with van der Waals surface area (Å²) in [6.07, 6.45) is 0.957. The summed E-state index contributed by atoms with van der Waals surface area (Å²) in [7, 11) is 1.80. The van der Waals surface area contributed by atoms with E-state index in [1.165, 1.54) is 12.1 Å². The lowest BCUT2D eigenvalue weighted by Gasteiger charge is -2.05. The highest BCUT2D eigenvalue weighted by molar-refractivity contribution is 9.10. The minimum atomic E-state index is -0.421. The smallest absolute Gasteiger partial charge is 0.170 e. The van der Waals surface area contributed by atoms with Crippen LogP contribution >= 0.6 is 31.9 Å². The minimum absolute atomic E-state index is 0.150. The van der Waals surface area contributed by atoms with Crippen LogP contribution in [0.4, 0.5) is 4.39 Å². The van der Waals surface area contributed by atoms with Gasteiger partial charge in [-0.2, -0.15) is 5.10 Å². The van der Waals surface area contributed by atoms with Crippen LogP contribution in [0.2, 0.25) is 0 Å². The zero-order valence-electron chi connectivity index (χ0n) is 11.1. The summed E-state index contributed by atoms with van der Waals surface area (Å²) in [5, 5.41) is 4.35. The van der Waals surface area contributed by atoms with Crippen LogP contribution in [0, 0.1) is 5.82 Å². The van der Waals surface area contributed by atoms with Crippen LogP contribution in [0.25, 0.3) is 0 Å². The molecule has 106 valence electrons. The van der Waals surface area contributed by atoms with Gasteiger partial charge in [-0.15, -0.1) is 0 Å². The Kier molecular flexibility index (Phi) is 4.75. The predicted molar refractivity (Wildman–Crippen MR) is 82.4 cm³/mol. The van der Waals surface area contributed by atoms with Crippen LogP contribution in [0.5, 0.6) is 0 Å². The Morgan fingerprint density at radius 1 is 1.40 bits per heavy atom. The Morgan fingerprint density at radius 3 is 2.70 bits per heavy atom. The van der Waals surface area contributed by atoms with Crippen LogP contribution in [0.3, 0.4) is 0 Å². The van der Waals surface area contributed by atoms with Gasteiger partial charge in [-0.05, 0) is 40.5 Å². The summed E-state index contributed by atoms with van der Waals surface area (Å²) in [5.74, 6) is -0.572. The van der Waals surface area contributed by atoms with E-state index in [9.17, 15) is 9.18 Å². The number of halogens is 3. The number of Topliss-reactive ketones (excluding diaryl/α,β-unsaturated/α-hetero) is 1. The van der Waals surface area contributed by atoms with Gasteiger partial charge in [-0.3, -0.25) is 9.48 Å². The standard InChI is InChI=1S/C14H13Br2FN2O/c1-3-11-14(16)12(19(2)18-11)7-13(20)9-6-8(17)4-5-10(9)15/h4-6H,3,7H2,1-2H3. The monoisotopic (exact) mass is 402 g/mol. The first-order chi connectivity index (χ1) is 9.43. The number of carbonyl (C=O) groups is 1. The molecule has 6 heteroatoms. The number of nitrogens with zero attached hydrogens (tertiary/aromatic N) is 2. The molecule has 1 aromatic carbocycles. The van der Waals surface area contributed by atoms with E-state index in [1.54, 1.807) is 17.8 Å². The van der Waals surface area contributed by atoms with Crippen LogP contribution in [-0.4, -0.2) is 15.6 Å². The number of ketones is 1. The molecule has 2 aromatic rings. The number of aromatic nitrogens is 2. The lowest BCUT2D eigenvalue weighted by Crippen LogP contribution is -2.09. The molecule has 1 aromatic heterocycles. The quantitative estimate of drug-likeness (QED) is 0.721. The number of hydrogen-bond donors (Lipinski definition) is 0. The molecule has 3 nitrogen and oxygen atoms in total. The van der Waals surface area contributed by atoms with Gasteiger partial charge in [-0.1, -0.05) is 22.9 Å². The Bertz CT molecular complexity index is 667. The molecule has 0 bridgehead atoms. The van der Waals surface area contributed by atoms with Crippen molar-refractivity contribution in [2.45, 2.75) is 19.8 Å². The van der Waals surface area contributed by atoms with E-state index in [-0.39, 0.29) is 12.2 Å². The average molecular weight is 404 g/mol. The van der Waals surface area contributed by atoms with Crippen molar-refractivity contribution in [2.75, 3.05) is 0 Å². The summed E-state index contributed by atoms with van der Waals surface area (Å²) in [6, 6.07) is 4.10. The van der Waals surface area contributed by atoms with Crippen molar-refractivity contribution in [2.24, 2.45) is 7.05 Å². The molecule has 0 amide bonds. The largest absolute Gasteiger partial charge is 0.294 e. The van der Waals surface area contributed by atoms with E-state index in [0.29, 0.717) is 10.0 Å². The number of carbonyl (C=O) groups excluding carboxylic acids is 1. The first kappa shape index (κ1) is 15.4. The fraction of sp³-hybridized carbons (Fsp3) is 0.286. The fourth-order valence-electron chi connectivity index (χ4n) is 1.97. The molecule has 2 rings (SSSR count). The molecule has 0 spiro atoms. The Balaban J connectivity index is 2.33. The predicted octanol–water partition coefficient (Wildman–Crippen LogP) is 4.07. The lowest BCUT2D eigenvalue weighted by atomic mass is 10.1. The second kappa shape index (κ2) is 6.18. The molecule has 0 radical (unpaired) electrons. The molecular formula is C14H13Br2FN2O. The number of rotatable bonds is 4. The zero-order chi connectivity index (χ0) is 14.9. The number of benzene rings is 1. The van der Waals surface area contributed by atoms with Crippen molar-refractivity contribution in [3.63, 3.8) is 0 Å². The van der Waals surface area contributed by atoms with E-state index < -0.39 is 5.82 Å². The molecular weight excluding hydrogens is 391 g/mol. The third-order valence-corrected chi connectivity index (χ3v) is 4.67. The van der Waals surface area contributed by atoms with Gasteiger partial charge in [0.2, 0.25) is 0 Å². The topological polar surface area (TPSA) is 34.9 Å². The molecule has 0 aliphatic carbocycles. The molecule has 0 unspecified atom stereocenters. The Morgan fingerprint density at radius 2 is 2.10 bits per heavy atom. The highest BCUT2D eigenvalue weighted by Gasteiger charge is 2.18. The maximum Gasteiger partial charge on any atom is 0.170 e. The fourth-order valence-corrected chi connectivity index (χ4v) is 3.19. The number of hydrogen-bond acceptors (Lipinski definition) is 2. The first-order valence-corrected chi connectivity index (χ1v) is 7.71. The SMILES string of the molecule is CCc1nn(C)c(CC(=O)c2cc(F)ccc2Br)c1Br. The Labute approximate surface area is 133 Å². The zero-order valence-corrected chi connectivity index (χ0v) is 14.3. The summed E-state index contributed by atoms with van der Waals surface area (Å²) in [6.45, 7) is 2.00. The van der Waals surface area contributed by atoms with Crippen LogP contribution < -0.4 is 0 Å². The van der Waals surface area contributed by atoms with Crippen LogP contribution in [-0.2, 0) is 19.9 Å². The molecule has 0 fully saturated rings. The summed E-state index contributed by atoms with van der Waals surface area (Å²) < 4.78 is 16.4. The van der Waals surface area contributed by atoms with Crippen molar-refractivity contribution in [3.8, 4) is 0 Å². The van der Waals surface area contributed by atoms with E-state index in [1.807, 2.05) is 6.92 Å². The summed E-state index contributed by atoms with van der Waals surface area (Å²) in [5.41, 5.74) is 2.05. The molecule has 0 aliphatic heterocycles. The van der Waals surface area contributed by atoms with Gasteiger partial charge in [0.15, 0.2) is 5.78 Å². The maximum absolute atomic E-state index is 13.3. The molecule has 1 heterocycles. The third-order valence-electron chi connectivity index (χ3n) is 3.06. The van der Waals surface area contributed by atoms with Crippen molar-refractivity contribution in [3.05, 3.63) is 49.9 Å². The highest BCUT2D eigenvalue weighted by atomic mass is 79.9. The van der Waals surface area contributed by atoms with Crippen LogP contribution in [0.15, 0.2) is 27.1 Å². The van der Waals surface area contributed by atoms with E-state index >= 15 is 0 Å². The van der Waals surface area contributed by atoms with Gasteiger partial charge in [0.1, 0.15) is 5.82 Å². The number of aryl methyl sites for hydroxylation is 2. The van der Waals surface area contributed by atoms with Crippen molar-refractivity contribution >= 4 is 37.6 Å². The van der Waals surface area contributed by atoms with Gasteiger partial charge in [0.25, 0.3) is 0 Å². The van der Waals surface area contributed by atoms with Gasteiger partial charge in [0, 0.05) is 17.1 Å². The second-order valence-electron chi connectivity index (χ2n) is 4.41. The van der Waals surface area contributed by atoms with Crippen molar-refractivity contribution < 1.29 is 9.18 Å². The normalized spacial score (nSPS) is 10.8. The third kappa shape index (κ3) is 3.01. The molecule has 0 atom stereocenters. The molecule has 0 saturated carbocycles. The van der Waals surface area contributed by atoms with Gasteiger partial charge < -0.3 is 0 Å². The lowest BCUT2D eigenvalue weighted by molar-refractivity contribution is 0.0989. The maximum atomic E-state index is 13.3.